The molecule has 1 aromatic carbocycles. The number of anilines is 2. The zero-order valence-electron chi connectivity index (χ0n) is 10.9. The summed E-state index contributed by atoms with van der Waals surface area (Å²) in [5.41, 5.74) is 6.70. The summed E-state index contributed by atoms with van der Waals surface area (Å²) in [6.45, 7) is 1.61. The molecule has 104 valence electrons. The number of carbonyl (C=O) groups is 2. The summed E-state index contributed by atoms with van der Waals surface area (Å²) >= 11 is 1.37. The van der Waals surface area contributed by atoms with E-state index < -0.39 is 6.04 Å². The highest BCUT2D eigenvalue weighted by atomic mass is 32.1. The number of benzene rings is 1. The minimum Gasteiger partial charge on any atom is -0.325 e. The van der Waals surface area contributed by atoms with Crippen LogP contribution < -0.4 is 16.4 Å². The molecule has 2 amide bonds. The second-order valence-corrected chi connectivity index (χ2v) is 5.24. The van der Waals surface area contributed by atoms with Gasteiger partial charge in [-0.2, -0.15) is 0 Å². The highest BCUT2D eigenvalue weighted by Crippen LogP contribution is 2.17. The van der Waals surface area contributed by atoms with E-state index in [1.807, 2.05) is 11.4 Å². The fourth-order valence-corrected chi connectivity index (χ4v) is 2.15. The number of hydrogen-bond acceptors (Lipinski definition) is 4. The Morgan fingerprint density at radius 3 is 2.45 bits per heavy atom. The molecule has 0 saturated heterocycles. The number of nitrogens with one attached hydrogen (secondary N) is 2. The third-order valence-corrected chi connectivity index (χ3v) is 3.42. The molecule has 5 nitrogen and oxygen atoms in total. The van der Waals surface area contributed by atoms with Crippen LogP contribution in [0.25, 0.3) is 0 Å². The molecular weight excluding hydrogens is 274 g/mol. The molecule has 0 bridgehead atoms. The highest BCUT2D eigenvalue weighted by molar-refractivity contribution is 7.12. The van der Waals surface area contributed by atoms with Gasteiger partial charge in [-0.3, -0.25) is 9.59 Å². The zero-order chi connectivity index (χ0) is 14.5. The van der Waals surface area contributed by atoms with Crippen molar-refractivity contribution >= 4 is 34.5 Å². The van der Waals surface area contributed by atoms with Crippen molar-refractivity contribution in [1.82, 2.24) is 0 Å². The average Bonchev–Trinajstić information content (AvgIpc) is 2.92. The number of hydrogen-bond donors (Lipinski definition) is 3. The van der Waals surface area contributed by atoms with Gasteiger partial charge in [-0.25, -0.2) is 0 Å². The maximum absolute atomic E-state index is 11.9. The fraction of sp³-hybridized carbons (Fsp3) is 0.143. The maximum Gasteiger partial charge on any atom is 0.265 e. The smallest absolute Gasteiger partial charge is 0.265 e. The Morgan fingerprint density at radius 2 is 1.85 bits per heavy atom. The summed E-state index contributed by atoms with van der Waals surface area (Å²) in [5, 5.41) is 7.29. The first-order valence-corrected chi connectivity index (χ1v) is 6.95. The lowest BCUT2D eigenvalue weighted by molar-refractivity contribution is -0.117. The summed E-state index contributed by atoms with van der Waals surface area (Å²) in [5.74, 6) is -0.442. The van der Waals surface area contributed by atoms with E-state index in [0.29, 0.717) is 16.3 Å². The van der Waals surface area contributed by atoms with Gasteiger partial charge in [0.25, 0.3) is 5.91 Å². The molecule has 1 aromatic heterocycles. The molecule has 0 fully saturated rings. The summed E-state index contributed by atoms with van der Waals surface area (Å²) < 4.78 is 0. The normalized spacial score (nSPS) is 11.7. The molecule has 0 aliphatic rings. The molecule has 6 heteroatoms. The van der Waals surface area contributed by atoms with E-state index in [2.05, 4.69) is 10.6 Å². The highest BCUT2D eigenvalue weighted by Gasteiger charge is 2.09. The lowest BCUT2D eigenvalue weighted by atomic mass is 10.2. The molecule has 0 aliphatic carbocycles. The third kappa shape index (κ3) is 3.66. The van der Waals surface area contributed by atoms with Gasteiger partial charge in [-0.05, 0) is 36.6 Å². The molecule has 1 heterocycles. The largest absolute Gasteiger partial charge is 0.325 e. The topological polar surface area (TPSA) is 84.2 Å². The summed E-state index contributed by atoms with van der Waals surface area (Å²) in [4.78, 5) is 24.1. The summed E-state index contributed by atoms with van der Waals surface area (Å²) in [6, 6.07) is 9.92. The van der Waals surface area contributed by atoms with Crippen LogP contribution in [0.4, 0.5) is 11.4 Å². The van der Waals surface area contributed by atoms with Gasteiger partial charge in [0, 0.05) is 11.4 Å². The quantitative estimate of drug-likeness (QED) is 0.807. The lowest BCUT2D eigenvalue weighted by Gasteiger charge is -2.09. The van der Waals surface area contributed by atoms with Gasteiger partial charge >= 0.3 is 0 Å². The molecule has 2 aromatic rings. The number of thiophene rings is 1. The molecule has 4 N–H and O–H groups in total. The Bertz CT molecular complexity index is 609. The van der Waals surface area contributed by atoms with Crippen molar-refractivity contribution < 1.29 is 9.59 Å². The van der Waals surface area contributed by atoms with Gasteiger partial charge in [-0.15, -0.1) is 11.3 Å². The van der Waals surface area contributed by atoms with Crippen molar-refractivity contribution in [3.05, 3.63) is 46.7 Å². The minimum atomic E-state index is -0.584. The molecule has 2 rings (SSSR count). The van der Waals surface area contributed by atoms with Crippen LogP contribution in [0, 0.1) is 0 Å². The van der Waals surface area contributed by atoms with Crippen molar-refractivity contribution in [2.45, 2.75) is 13.0 Å². The van der Waals surface area contributed by atoms with E-state index in [4.69, 9.17) is 5.73 Å². The van der Waals surface area contributed by atoms with Gasteiger partial charge in [0.2, 0.25) is 5.91 Å². The Kier molecular flexibility index (Phi) is 4.49. The van der Waals surface area contributed by atoms with Gasteiger partial charge < -0.3 is 16.4 Å². The number of amides is 2. The maximum atomic E-state index is 11.9. The lowest BCUT2D eigenvalue weighted by Crippen LogP contribution is -2.32. The zero-order valence-corrected chi connectivity index (χ0v) is 11.7. The SMILES string of the molecule is C[C@@H](N)C(=O)Nc1cccc(NC(=O)c2cccs2)c1. The first-order chi connectivity index (χ1) is 9.56. The van der Waals surface area contributed by atoms with Crippen molar-refractivity contribution in [1.29, 1.82) is 0 Å². The fourth-order valence-electron chi connectivity index (χ4n) is 1.53. The van der Waals surface area contributed by atoms with Crippen LogP contribution >= 0.6 is 11.3 Å². The average molecular weight is 289 g/mol. The Balaban J connectivity index is 2.06. The van der Waals surface area contributed by atoms with Gasteiger partial charge in [-0.1, -0.05) is 12.1 Å². The van der Waals surface area contributed by atoms with E-state index in [9.17, 15) is 9.59 Å². The molecular formula is C14H15N3O2S. The van der Waals surface area contributed by atoms with Crippen LogP contribution in [0.5, 0.6) is 0 Å². The number of nitrogens with two attached hydrogens (primary N) is 1. The second kappa shape index (κ2) is 6.31. The predicted molar refractivity (Wildman–Crippen MR) is 81.0 cm³/mol. The molecule has 0 unspecified atom stereocenters. The Hall–Kier alpha value is -2.18. The van der Waals surface area contributed by atoms with Gasteiger partial charge in [0.05, 0.1) is 10.9 Å². The Labute approximate surface area is 120 Å². The van der Waals surface area contributed by atoms with Crippen molar-refractivity contribution in [3.63, 3.8) is 0 Å². The number of carbonyl (C=O) groups excluding carboxylic acids is 2. The molecule has 20 heavy (non-hydrogen) atoms. The van der Waals surface area contributed by atoms with Gasteiger partial charge in [0.15, 0.2) is 0 Å². The Morgan fingerprint density at radius 1 is 1.15 bits per heavy atom. The van der Waals surface area contributed by atoms with Crippen LogP contribution in [0.3, 0.4) is 0 Å². The third-order valence-electron chi connectivity index (χ3n) is 2.55. The van der Waals surface area contributed by atoms with Crippen LogP contribution in [0.1, 0.15) is 16.6 Å². The van der Waals surface area contributed by atoms with E-state index in [-0.39, 0.29) is 11.8 Å². The van der Waals surface area contributed by atoms with Crippen molar-refractivity contribution in [2.75, 3.05) is 10.6 Å². The van der Waals surface area contributed by atoms with Crippen LogP contribution in [-0.2, 0) is 4.79 Å². The molecule has 1 atom stereocenters. The van der Waals surface area contributed by atoms with Crippen molar-refractivity contribution in [3.8, 4) is 0 Å². The van der Waals surface area contributed by atoms with Crippen LogP contribution in [0.2, 0.25) is 0 Å². The van der Waals surface area contributed by atoms with E-state index in [0.717, 1.165) is 0 Å². The van der Waals surface area contributed by atoms with Crippen LogP contribution in [-0.4, -0.2) is 17.9 Å². The second-order valence-electron chi connectivity index (χ2n) is 4.29. The monoisotopic (exact) mass is 289 g/mol. The summed E-state index contributed by atoms with van der Waals surface area (Å²) in [7, 11) is 0. The predicted octanol–water partition coefficient (Wildman–Crippen LogP) is 2.29. The molecule has 0 aliphatic heterocycles. The standard InChI is InChI=1S/C14H15N3O2S/c1-9(15)13(18)16-10-4-2-5-11(8-10)17-14(19)12-6-3-7-20-12/h2-9H,15H2,1H3,(H,16,18)(H,17,19)/t9-/m1/s1. The molecule has 0 saturated carbocycles. The number of rotatable bonds is 4. The minimum absolute atomic E-state index is 0.171. The van der Waals surface area contributed by atoms with Crippen molar-refractivity contribution in [2.24, 2.45) is 5.73 Å². The molecule has 0 radical (unpaired) electrons. The van der Waals surface area contributed by atoms with Gasteiger partial charge in [0.1, 0.15) is 0 Å². The van der Waals surface area contributed by atoms with Crippen LogP contribution in [0.15, 0.2) is 41.8 Å². The van der Waals surface area contributed by atoms with E-state index in [1.165, 1.54) is 11.3 Å². The first-order valence-electron chi connectivity index (χ1n) is 6.07. The summed E-state index contributed by atoms with van der Waals surface area (Å²) in [6.07, 6.45) is 0. The van der Waals surface area contributed by atoms with E-state index in [1.54, 1.807) is 37.3 Å². The molecule has 0 spiro atoms. The van der Waals surface area contributed by atoms with E-state index >= 15 is 0 Å². The first kappa shape index (κ1) is 14.2.